The summed E-state index contributed by atoms with van der Waals surface area (Å²) in [6, 6.07) is 0. The van der Waals surface area contributed by atoms with E-state index in [0.717, 1.165) is 65.2 Å². The van der Waals surface area contributed by atoms with Crippen LogP contribution in [0.25, 0.3) is 0 Å². The molecule has 0 aliphatic carbocycles. The Labute approximate surface area is 131 Å². The van der Waals surface area contributed by atoms with Crippen LogP contribution in [0.4, 0.5) is 0 Å². The fourth-order valence-corrected chi connectivity index (χ4v) is 2.34. The van der Waals surface area contributed by atoms with Gasteiger partial charge in [0.2, 0.25) is 5.91 Å². The highest BCUT2D eigenvalue weighted by Crippen LogP contribution is 1.98. The molecule has 0 unspecified atom stereocenters. The van der Waals surface area contributed by atoms with Gasteiger partial charge in [0.25, 0.3) is 0 Å². The molecule has 0 radical (unpaired) electrons. The molecule has 0 bridgehead atoms. The first-order valence-corrected chi connectivity index (χ1v) is 8.59. The third kappa shape index (κ3) is 11.7. The molecule has 0 aliphatic heterocycles. The Balaban J connectivity index is 3.70. The van der Waals surface area contributed by atoms with Crippen molar-refractivity contribution in [2.75, 3.05) is 52.4 Å². The minimum Gasteiger partial charge on any atom is -0.356 e. The monoisotopic (exact) mass is 300 g/mol. The van der Waals surface area contributed by atoms with Gasteiger partial charge in [0.1, 0.15) is 0 Å². The molecule has 126 valence electrons. The Morgan fingerprint density at radius 3 is 1.90 bits per heavy atom. The summed E-state index contributed by atoms with van der Waals surface area (Å²) >= 11 is 0. The van der Waals surface area contributed by atoms with E-state index < -0.39 is 0 Å². The minimum absolute atomic E-state index is 0.150. The van der Waals surface area contributed by atoms with E-state index in [1.54, 1.807) is 0 Å². The van der Waals surface area contributed by atoms with Gasteiger partial charge in [0.05, 0.1) is 0 Å². The van der Waals surface area contributed by atoms with Gasteiger partial charge < -0.3 is 20.9 Å². The smallest absolute Gasteiger partial charge is 0.219 e. The van der Waals surface area contributed by atoms with Gasteiger partial charge in [-0.15, -0.1) is 0 Å². The average molecular weight is 300 g/mol. The fraction of sp³-hybridized carbons (Fsp3) is 0.938. The molecule has 0 aliphatic rings. The van der Waals surface area contributed by atoms with Gasteiger partial charge in [0.15, 0.2) is 0 Å². The summed E-state index contributed by atoms with van der Waals surface area (Å²) in [5.41, 5.74) is 5.56. The second kappa shape index (κ2) is 14.3. The summed E-state index contributed by atoms with van der Waals surface area (Å²) < 4.78 is 0. The fourth-order valence-electron chi connectivity index (χ4n) is 2.34. The van der Waals surface area contributed by atoms with Gasteiger partial charge in [-0.1, -0.05) is 20.8 Å². The van der Waals surface area contributed by atoms with Crippen LogP contribution in [0.5, 0.6) is 0 Å². The van der Waals surface area contributed by atoms with Gasteiger partial charge >= 0.3 is 0 Å². The minimum atomic E-state index is 0.150. The Kier molecular flexibility index (Phi) is 13.9. The van der Waals surface area contributed by atoms with Crippen LogP contribution in [0.1, 0.15) is 46.5 Å². The molecule has 0 atom stereocenters. The second-order valence-corrected chi connectivity index (χ2v) is 5.42. The molecule has 0 aromatic heterocycles. The number of amides is 1. The van der Waals surface area contributed by atoms with Crippen molar-refractivity contribution >= 4 is 5.91 Å². The Bertz CT molecular complexity index is 248. The zero-order valence-electron chi connectivity index (χ0n) is 14.4. The number of rotatable bonds is 14. The number of hydrogen-bond donors (Lipinski definition) is 2. The summed E-state index contributed by atoms with van der Waals surface area (Å²) in [4.78, 5) is 16.1. The summed E-state index contributed by atoms with van der Waals surface area (Å²) in [6.45, 7) is 14.5. The third-order valence-electron chi connectivity index (χ3n) is 3.82. The maximum Gasteiger partial charge on any atom is 0.219 e. The van der Waals surface area contributed by atoms with E-state index in [9.17, 15) is 4.79 Å². The molecule has 21 heavy (non-hydrogen) atoms. The lowest BCUT2D eigenvalue weighted by Crippen LogP contribution is -2.33. The molecule has 0 saturated carbocycles. The van der Waals surface area contributed by atoms with Crippen molar-refractivity contribution in [3.63, 3.8) is 0 Å². The van der Waals surface area contributed by atoms with Gasteiger partial charge in [-0.3, -0.25) is 4.79 Å². The largest absolute Gasteiger partial charge is 0.356 e. The van der Waals surface area contributed by atoms with Crippen LogP contribution in [0.3, 0.4) is 0 Å². The normalized spacial score (nSPS) is 11.3. The van der Waals surface area contributed by atoms with Crippen LogP contribution in [0.15, 0.2) is 0 Å². The Morgan fingerprint density at radius 1 is 0.905 bits per heavy atom. The molecular formula is C16H36N4O. The molecule has 0 fully saturated rings. The molecule has 5 nitrogen and oxygen atoms in total. The summed E-state index contributed by atoms with van der Waals surface area (Å²) in [5, 5.41) is 2.93. The number of nitrogens with one attached hydrogen (secondary N) is 1. The highest BCUT2D eigenvalue weighted by Gasteiger charge is 2.05. The maximum atomic E-state index is 11.2. The maximum absolute atomic E-state index is 11.2. The quantitative estimate of drug-likeness (QED) is 0.475. The van der Waals surface area contributed by atoms with Crippen molar-refractivity contribution in [2.45, 2.75) is 46.5 Å². The molecule has 5 heteroatoms. The van der Waals surface area contributed by atoms with Crippen LogP contribution in [0, 0.1) is 0 Å². The summed E-state index contributed by atoms with van der Waals surface area (Å²) in [5.74, 6) is 0.150. The lowest BCUT2D eigenvalue weighted by Gasteiger charge is -2.24. The van der Waals surface area contributed by atoms with Crippen molar-refractivity contribution in [1.29, 1.82) is 0 Å². The summed E-state index contributed by atoms with van der Waals surface area (Å²) in [6.07, 6.45) is 3.90. The molecule has 0 aromatic rings. The molecule has 0 spiro atoms. The van der Waals surface area contributed by atoms with E-state index >= 15 is 0 Å². The van der Waals surface area contributed by atoms with E-state index in [2.05, 4.69) is 29.0 Å². The van der Waals surface area contributed by atoms with Gasteiger partial charge in [-0.05, 0) is 65.1 Å². The highest BCUT2D eigenvalue weighted by atomic mass is 16.1. The topological polar surface area (TPSA) is 61.6 Å². The number of carbonyl (C=O) groups is 1. The standard InChI is InChI=1S/C16H36N4O/c1-4-16(21)18-11-8-13-20(6-3)15-9-14-19(5-2)12-7-10-17/h4-15,17H2,1-3H3,(H,18,21). The molecule has 3 N–H and O–H groups in total. The van der Waals surface area contributed by atoms with Crippen LogP contribution >= 0.6 is 0 Å². The first-order chi connectivity index (χ1) is 10.2. The predicted molar refractivity (Wildman–Crippen MR) is 90.4 cm³/mol. The van der Waals surface area contributed by atoms with Crippen LogP contribution in [-0.4, -0.2) is 68.1 Å². The first kappa shape index (κ1) is 20.3. The number of carbonyl (C=O) groups excluding carboxylic acids is 1. The van der Waals surface area contributed by atoms with Crippen LogP contribution in [-0.2, 0) is 4.79 Å². The number of nitrogens with two attached hydrogens (primary N) is 1. The lowest BCUT2D eigenvalue weighted by molar-refractivity contribution is -0.120. The lowest BCUT2D eigenvalue weighted by atomic mass is 10.3. The molecular weight excluding hydrogens is 264 g/mol. The van der Waals surface area contributed by atoms with Crippen LogP contribution in [0.2, 0.25) is 0 Å². The van der Waals surface area contributed by atoms with Gasteiger partial charge in [-0.25, -0.2) is 0 Å². The van der Waals surface area contributed by atoms with Crippen molar-refractivity contribution in [1.82, 2.24) is 15.1 Å². The molecule has 0 saturated heterocycles. The van der Waals surface area contributed by atoms with Gasteiger partial charge in [-0.2, -0.15) is 0 Å². The SMILES string of the molecule is CCC(=O)NCCCN(CC)CCCN(CC)CCCN. The zero-order valence-corrected chi connectivity index (χ0v) is 14.4. The molecule has 0 aromatic carbocycles. The van der Waals surface area contributed by atoms with Crippen molar-refractivity contribution in [2.24, 2.45) is 5.73 Å². The van der Waals surface area contributed by atoms with Crippen molar-refractivity contribution in [3.05, 3.63) is 0 Å². The Morgan fingerprint density at radius 2 is 1.43 bits per heavy atom. The van der Waals surface area contributed by atoms with Gasteiger partial charge in [0, 0.05) is 13.0 Å². The average Bonchev–Trinajstić information content (AvgIpc) is 2.52. The number of nitrogens with zero attached hydrogens (tertiary/aromatic N) is 2. The predicted octanol–water partition coefficient (Wildman–Crippen LogP) is 1.29. The van der Waals surface area contributed by atoms with E-state index in [1.807, 2.05) is 6.92 Å². The van der Waals surface area contributed by atoms with Crippen LogP contribution < -0.4 is 11.1 Å². The van der Waals surface area contributed by atoms with E-state index in [-0.39, 0.29) is 5.91 Å². The summed E-state index contributed by atoms with van der Waals surface area (Å²) in [7, 11) is 0. The van der Waals surface area contributed by atoms with E-state index in [4.69, 9.17) is 5.73 Å². The zero-order chi connectivity index (χ0) is 15.9. The molecule has 1 amide bonds. The highest BCUT2D eigenvalue weighted by molar-refractivity contribution is 5.75. The Hall–Kier alpha value is -0.650. The van der Waals surface area contributed by atoms with E-state index in [0.29, 0.717) is 6.42 Å². The molecule has 0 heterocycles. The first-order valence-electron chi connectivity index (χ1n) is 8.59. The van der Waals surface area contributed by atoms with E-state index in [1.165, 1.54) is 6.42 Å². The third-order valence-corrected chi connectivity index (χ3v) is 3.82. The molecule has 0 rings (SSSR count). The second-order valence-electron chi connectivity index (χ2n) is 5.42. The van der Waals surface area contributed by atoms with Crippen molar-refractivity contribution < 1.29 is 4.79 Å². The number of hydrogen-bond acceptors (Lipinski definition) is 4. The van der Waals surface area contributed by atoms with Crippen molar-refractivity contribution in [3.8, 4) is 0 Å².